The molecule has 0 radical (unpaired) electrons. The monoisotopic (exact) mass is 236 g/mol. The highest BCUT2D eigenvalue weighted by Gasteiger charge is 2.10. The highest BCUT2D eigenvalue weighted by atomic mass is 19.1. The highest BCUT2D eigenvalue weighted by molar-refractivity contribution is 5.79. The molecule has 0 aliphatic rings. The van der Waals surface area contributed by atoms with Crippen LogP contribution in [0.3, 0.4) is 0 Å². The molecule has 2 N–H and O–H groups in total. The van der Waals surface area contributed by atoms with Gasteiger partial charge in [0.05, 0.1) is 11.0 Å². The Labute approximate surface area is 99.8 Å². The van der Waals surface area contributed by atoms with Gasteiger partial charge in [-0.1, -0.05) is 0 Å². The molecule has 0 bridgehead atoms. The van der Waals surface area contributed by atoms with Crippen molar-refractivity contribution in [3.05, 3.63) is 23.5 Å². The number of hydrogen-bond acceptors (Lipinski definition) is 3. The number of nitrogens with zero attached hydrogens (tertiary/aromatic N) is 3. The molecule has 4 nitrogen and oxygen atoms in total. The van der Waals surface area contributed by atoms with E-state index in [9.17, 15) is 4.39 Å². The number of imidazole rings is 1. The van der Waals surface area contributed by atoms with Crippen LogP contribution < -0.4 is 5.73 Å². The minimum atomic E-state index is -0.241. The topological polar surface area (TPSA) is 47.1 Å². The molecule has 1 aromatic carbocycles. The van der Waals surface area contributed by atoms with Gasteiger partial charge in [-0.15, -0.1) is 0 Å². The average Bonchev–Trinajstić information content (AvgIpc) is 2.52. The molecule has 1 aromatic heterocycles. The maximum atomic E-state index is 13.4. The fourth-order valence-corrected chi connectivity index (χ4v) is 1.80. The highest BCUT2D eigenvalue weighted by Crippen LogP contribution is 2.21. The SMILES string of the molecule is Cc1cc2c(cc1F)nc(N)n2CCN(C)C. The van der Waals surface area contributed by atoms with Crippen molar-refractivity contribution >= 4 is 17.0 Å². The van der Waals surface area contributed by atoms with Gasteiger partial charge in [0.15, 0.2) is 0 Å². The zero-order chi connectivity index (χ0) is 12.6. The lowest BCUT2D eigenvalue weighted by atomic mass is 10.2. The van der Waals surface area contributed by atoms with Gasteiger partial charge in [0.2, 0.25) is 5.95 Å². The molecular formula is C12H17FN4. The predicted molar refractivity (Wildman–Crippen MR) is 67.4 cm³/mol. The van der Waals surface area contributed by atoms with E-state index < -0.39 is 0 Å². The second kappa shape index (κ2) is 4.33. The van der Waals surface area contributed by atoms with E-state index in [4.69, 9.17) is 5.73 Å². The summed E-state index contributed by atoms with van der Waals surface area (Å²) in [5.74, 6) is 0.196. The van der Waals surface area contributed by atoms with Crippen LogP contribution in [-0.2, 0) is 6.54 Å². The molecule has 0 saturated heterocycles. The molecule has 1 heterocycles. The zero-order valence-corrected chi connectivity index (χ0v) is 10.4. The molecule has 0 spiro atoms. The summed E-state index contributed by atoms with van der Waals surface area (Å²) >= 11 is 0. The maximum absolute atomic E-state index is 13.4. The van der Waals surface area contributed by atoms with Crippen molar-refractivity contribution in [2.45, 2.75) is 13.5 Å². The summed E-state index contributed by atoms with van der Waals surface area (Å²) in [6.07, 6.45) is 0. The molecule has 5 heteroatoms. The lowest BCUT2D eigenvalue weighted by Gasteiger charge is -2.11. The van der Waals surface area contributed by atoms with Crippen molar-refractivity contribution in [3.63, 3.8) is 0 Å². The molecule has 0 saturated carbocycles. The number of fused-ring (bicyclic) bond motifs is 1. The number of rotatable bonds is 3. The van der Waals surface area contributed by atoms with E-state index in [0.717, 1.165) is 18.6 Å². The van der Waals surface area contributed by atoms with E-state index in [1.54, 1.807) is 13.0 Å². The first-order valence-electron chi connectivity index (χ1n) is 5.55. The average molecular weight is 236 g/mol. The molecule has 2 rings (SSSR count). The number of aryl methyl sites for hydroxylation is 1. The van der Waals surface area contributed by atoms with Gasteiger partial charge in [0.25, 0.3) is 0 Å². The number of nitrogen functional groups attached to an aromatic ring is 1. The summed E-state index contributed by atoms with van der Waals surface area (Å²) in [4.78, 5) is 6.25. The first kappa shape index (κ1) is 11.9. The summed E-state index contributed by atoms with van der Waals surface area (Å²) in [6, 6.07) is 3.23. The Balaban J connectivity index is 2.47. The van der Waals surface area contributed by atoms with E-state index in [0.29, 0.717) is 17.0 Å². The molecular weight excluding hydrogens is 219 g/mol. The van der Waals surface area contributed by atoms with Gasteiger partial charge in [-0.05, 0) is 32.6 Å². The molecule has 0 fully saturated rings. The molecule has 17 heavy (non-hydrogen) atoms. The summed E-state index contributed by atoms with van der Waals surface area (Å²) < 4.78 is 15.3. The molecule has 2 aromatic rings. The van der Waals surface area contributed by atoms with Gasteiger partial charge < -0.3 is 15.2 Å². The fraction of sp³-hybridized carbons (Fsp3) is 0.417. The van der Waals surface area contributed by atoms with E-state index in [1.165, 1.54) is 6.07 Å². The van der Waals surface area contributed by atoms with Crippen LogP contribution >= 0.6 is 0 Å². The molecule has 0 aliphatic heterocycles. The number of benzene rings is 1. The van der Waals surface area contributed by atoms with Crippen molar-refractivity contribution in [2.75, 3.05) is 26.4 Å². The standard InChI is InChI=1S/C12H17FN4/c1-8-6-11-10(7-9(8)13)15-12(14)17(11)5-4-16(2)3/h6-7H,4-5H2,1-3H3,(H2,14,15). The first-order valence-corrected chi connectivity index (χ1v) is 5.55. The van der Waals surface area contributed by atoms with Crippen LogP contribution in [-0.4, -0.2) is 35.1 Å². The van der Waals surface area contributed by atoms with Crippen LogP contribution in [0.1, 0.15) is 5.56 Å². The van der Waals surface area contributed by atoms with Crippen LogP contribution in [0.15, 0.2) is 12.1 Å². The Hall–Kier alpha value is -1.62. The van der Waals surface area contributed by atoms with Gasteiger partial charge in [-0.3, -0.25) is 0 Å². The number of likely N-dealkylation sites (N-methyl/N-ethyl adjacent to an activating group) is 1. The summed E-state index contributed by atoms with van der Waals surface area (Å²) in [6.45, 7) is 3.36. The van der Waals surface area contributed by atoms with E-state index in [2.05, 4.69) is 9.88 Å². The van der Waals surface area contributed by atoms with Gasteiger partial charge in [0.1, 0.15) is 5.82 Å². The zero-order valence-electron chi connectivity index (χ0n) is 10.4. The van der Waals surface area contributed by atoms with Crippen molar-refractivity contribution < 1.29 is 4.39 Å². The molecule has 0 aliphatic carbocycles. The largest absolute Gasteiger partial charge is 0.369 e. The summed E-state index contributed by atoms with van der Waals surface area (Å²) in [5, 5.41) is 0. The molecule has 0 amide bonds. The normalized spacial score (nSPS) is 11.6. The van der Waals surface area contributed by atoms with Crippen LogP contribution in [0.5, 0.6) is 0 Å². The van der Waals surface area contributed by atoms with Crippen LogP contribution in [0.2, 0.25) is 0 Å². The molecule has 0 atom stereocenters. The Bertz CT molecular complexity index is 545. The minimum Gasteiger partial charge on any atom is -0.369 e. The third-order valence-corrected chi connectivity index (χ3v) is 2.83. The number of halogens is 1. The third kappa shape index (κ3) is 2.24. The number of anilines is 1. The summed E-state index contributed by atoms with van der Waals surface area (Å²) in [7, 11) is 4.00. The van der Waals surface area contributed by atoms with E-state index in [1.807, 2.05) is 18.7 Å². The quantitative estimate of drug-likeness (QED) is 0.881. The molecule has 0 unspecified atom stereocenters. The second-order valence-electron chi connectivity index (χ2n) is 4.52. The third-order valence-electron chi connectivity index (χ3n) is 2.83. The van der Waals surface area contributed by atoms with Gasteiger partial charge in [-0.2, -0.15) is 0 Å². The second-order valence-corrected chi connectivity index (χ2v) is 4.52. The van der Waals surface area contributed by atoms with Gasteiger partial charge in [-0.25, -0.2) is 9.37 Å². The number of nitrogens with two attached hydrogens (primary N) is 1. The van der Waals surface area contributed by atoms with Crippen molar-refractivity contribution in [1.82, 2.24) is 14.5 Å². The fourth-order valence-electron chi connectivity index (χ4n) is 1.80. The first-order chi connectivity index (χ1) is 7.99. The van der Waals surface area contributed by atoms with Crippen molar-refractivity contribution in [2.24, 2.45) is 0 Å². The Morgan fingerprint density at radius 2 is 2.12 bits per heavy atom. The van der Waals surface area contributed by atoms with Crippen LogP contribution in [0.25, 0.3) is 11.0 Å². The summed E-state index contributed by atoms with van der Waals surface area (Å²) in [5.41, 5.74) is 7.97. The lowest BCUT2D eigenvalue weighted by Crippen LogP contribution is -2.19. The van der Waals surface area contributed by atoms with Crippen molar-refractivity contribution in [3.8, 4) is 0 Å². The van der Waals surface area contributed by atoms with Gasteiger partial charge in [0, 0.05) is 19.2 Å². The number of hydrogen-bond donors (Lipinski definition) is 1. The van der Waals surface area contributed by atoms with Gasteiger partial charge >= 0.3 is 0 Å². The van der Waals surface area contributed by atoms with Crippen LogP contribution in [0.4, 0.5) is 10.3 Å². The Morgan fingerprint density at radius 3 is 2.76 bits per heavy atom. The Morgan fingerprint density at radius 1 is 1.41 bits per heavy atom. The maximum Gasteiger partial charge on any atom is 0.201 e. The van der Waals surface area contributed by atoms with Crippen molar-refractivity contribution in [1.29, 1.82) is 0 Å². The number of aromatic nitrogens is 2. The Kier molecular flexibility index (Phi) is 3.02. The van der Waals surface area contributed by atoms with Crippen LogP contribution in [0, 0.1) is 12.7 Å². The minimum absolute atomic E-state index is 0.241. The smallest absolute Gasteiger partial charge is 0.201 e. The van der Waals surface area contributed by atoms with E-state index >= 15 is 0 Å². The molecule has 92 valence electrons. The van der Waals surface area contributed by atoms with E-state index in [-0.39, 0.29) is 5.82 Å². The predicted octanol–water partition coefficient (Wildman–Crippen LogP) is 1.63. The lowest BCUT2D eigenvalue weighted by molar-refractivity contribution is 0.387.